The summed E-state index contributed by atoms with van der Waals surface area (Å²) in [4.78, 5) is 0. The Bertz CT molecular complexity index is 47.7. The second-order valence-corrected chi connectivity index (χ2v) is 1.49. The van der Waals surface area contributed by atoms with Gasteiger partial charge in [-0.2, -0.15) is 0 Å². The van der Waals surface area contributed by atoms with Crippen molar-refractivity contribution < 1.29 is 17.3 Å². The summed E-state index contributed by atoms with van der Waals surface area (Å²) in [6.45, 7) is 4.36. The predicted molar refractivity (Wildman–Crippen MR) is 36.8 cm³/mol. The first-order valence-electron chi connectivity index (χ1n) is 2.79. The molecule has 0 saturated carbocycles. The van der Waals surface area contributed by atoms with Gasteiger partial charge in [0.25, 0.3) is 0 Å². The van der Waals surface area contributed by atoms with Crippen LogP contribution in [0.4, 0.5) is 17.3 Å². The molecular weight excluding hydrogens is 149 g/mol. The van der Waals surface area contributed by atoms with Crippen LogP contribution in [0.15, 0.2) is 0 Å². The summed E-state index contributed by atoms with van der Waals surface area (Å²) in [6, 6.07) is 0. The van der Waals surface area contributed by atoms with Gasteiger partial charge in [0.1, 0.15) is 0 Å². The lowest BCUT2D eigenvalue weighted by Crippen LogP contribution is -2.02. The number of hydrogen-bond donors (Lipinski definition) is 1. The van der Waals surface area contributed by atoms with Gasteiger partial charge in [0, 0.05) is 0 Å². The zero-order valence-corrected chi connectivity index (χ0v) is 6.50. The molecule has 66 valence electrons. The molecule has 0 unspecified atom stereocenters. The monoisotopic (exact) mass is 163 g/mol. The van der Waals surface area contributed by atoms with Crippen LogP contribution in [0.5, 0.6) is 0 Å². The molecule has 0 aliphatic carbocycles. The molecular formula is C4H14BF4N. The van der Waals surface area contributed by atoms with Crippen molar-refractivity contribution >= 4 is 7.25 Å². The van der Waals surface area contributed by atoms with E-state index in [1.54, 1.807) is 0 Å². The summed E-state index contributed by atoms with van der Waals surface area (Å²) in [5.41, 5.74) is 0. The van der Waals surface area contributed by atoms with Crippen LogP contribution in [-0.4, -0.2) is 7.25 Å². The van der Waals surface area contributed by atoms with Crippen molar-refractivity contribution in [2.45, 2.75) is 26.7 Å². The fraction of sp³-hybridized carbons (Fsp3) is 1.00. The molecule has 0 aliphatic rings. The van der Waals surface area contributed by atoms with Gasteiger partial charge in [-0.3, -0.25) is 0 Å². The number of hydrogen-bond acceptors (Lipinski definition) is 0. The molecule has 1 nitrogen and oxygen atoms in total. The van der Waals surface area contributed by atoms with Crippen LogP contribution in [0.2, 0.25) is 0 Å². The minimum Gasteiger partial charge on any atom is -0.418 e. The maximum absolute atomic E-state index is 9.75. The second kappa shape index (κ2) is 8.74. The molecule has 0 atom stereocenters. The SMILES string of the molecule is CCCC.F[B-](F)(F)F.[NH4+]. The molecule has 6 heteroatoms. The van der Waals surface area contributed by atoms with Gasteiger partial charge in [-0.15, -0.1) is 0 Å². The average molecular weight is 163 g/mol. The van der Waals surface area contributed by atoms with Gasteiger partial charge < -0.3 is 23.4 Å². The van der Waals surface area contributed by atoms with Crippen LogP contribution in [0.3, 0.4) is 0 Å². The Morgan fingerprint density at radius 3 is 1.00 bits per heavy atom. The van der Waals surface area contributed by atoms with E-state index in [0.717, 1.165) is 0 Å². The van der Waals surface area contributed by atoms with Crippen LogP contribution < -0.4 is 6.15 Å². The Hall–Kier alpha value is -0.255. The summed E-state index contributed by atoms with van der Waals surface area (Å²) in [5.74, 6) is 0. The van der Waals surface area contributed by atoms with Gasteiger partial charge in [0.05, 0.1) is 0 Å². The Labute approximate surface area is 58.5 Å². The highest BCUT2D eigenvalue weighted by molar-refractivity contribution is 6.50. The third kappa shape index (κ3) is 635. The maximum atomic E-state index is 9.75. The largest absolute Gasteiger partial charge is 0.673 e. The summed E-state index contributed by atoms with van der Waals surface area (Å²) in [6.07, 6.45) is 2.64. The fourth-order valence-electron chi connectivity index (χ4n) is 0. The van der Waals surface area contributed by atoms with Crippen molar-refractivity contribution in [2.24, 2.45) is 0 Å². The van der Waals surface area contributed by atoms with E-state index in [1.165, 1.54) is 12.8 Å². The molecule has 0 saturated heterocycles. The molecule has 0 radical (unpaired) electrons. The third-order valence-electron chi connectivity index (χ3n) is 0.500. The smallest absolute Gasteiger partial charge is 0.418 e. The zero-order chi connectivity index (χ0) is 7.91. The predicted octanol–water partition coefficient (Wildman–Crippen LogP) is 3.48. The standard InChI is InChI=1S/C4H10.BF4.H3N/c1-3-4-2;2-1(3,4)5;/h3-4H2,1-2H3;;1H3/q;-1;/p+1. The van der Waals surface area contributed by atoms with E-state index in [9.17, 15) is 17.3 Å². The third-order valence-corrected chi connectivity index (χ3v) is 0.500. The lowest BCUT2D eigenvalue weighted by molar-refractivity contribution is 0.368. The lowest BCUT2D eigenvalue weighted by atomic mass is 10.3. The van der Waals surface area contributed by atoms with Crippen molar-refractivity contribution in [1.82, 2.24) is 6.15 Å². The van der Waals surface area contributed by atoms with Gasteiger partial charge in [-0.05, 0) is 0 Å². The molecule has 0 aliphatic heterocycles. The van der Waals surface area contributed by atoms with E-state index < -0.39 is 7.25 Å². The Morgan fingerprint density at radius 2 is 1.00 bits per heavy atom. The maximum Gasteiger partial charge on any atom is 0.673 e. The highest BCUT2D eigenvalue weighted by Crippen LogP contribution is 2.06. The van der Waals surface area contributed by atoms with E-state index in [1.807, 2.05) is 0 Å². The topological polar surface area (TPSA) is 36.5 Å². The van der Waals surface area contributed by atoms with E-state index in [0.29, 0.717) is 0 Å². The number of quaternary nitrogens is 1. The van der Waals surface area contributed by atoms with Gasteiger partial charge in [-0.1, -0.05) is 26.7 Å². The Morgan fingerprint density at radius 1 is 0.900 bits per heavy atom. The summed E-state index contributed by atoms with van der Waals surface area (Å²) in [7, 11) is -6.00. The molecule has 0 aromatic carbocycles. The van der Waals surface area contributed by atoms with E-state index in [4.69, 9.17) is 0 Å². The molecule has 0 rings (SSSR count). The molecule has 0 amide bonds. The number of rotatable bonds is 1. The highest BCUT2D eigenvalue weighted by Gasteiger charge is 2.20. The zero-order valence-electron chi connectivity index (χ0n) is 6.50. The van der Waals surface area contributed by atoms with Crippen molar-refractivity contribution in [2.75, 3.05) is 0 Å². The summed E-state index contributed by atoms with van der Waals surface area (Å²) >= 11 is 0. The van der Waals surface area contributed by atoms with Crippen molar-refractivity contribution in [3.63, 3.8) is 0 Å². The number of unbranched alkanes of at least 4 members (excludes halogenated alkanes) is 1. The number of halogens is 4. The first-order chi connectivity index (χ1) is 3.91. The van der Waals surface area contributed by atoms with E-state index in [2.05, 4.69) is 13.8 Å². The molecule has 0 fully saturated rings. The van der Waals surface area contributed by atoms with Crippen LogP contribution >= 0.6 is 0 Å². The van der Waals surface area contributed by atoms with Crippen LogP contribution in [0.1, 0.15) is 26.7 Å². The van der Waals surface area contributed by atoms with Crippen LogP contribution in [-0.2, 0) is 0 Å². The van der Waals surface area contributed by atoms with Gasteiger partial charge in [-0.25, -0.2) is 0 Å². The van der Waals surface area contributed by atoms with Gasteiger partial charge in [0.2, 0.25) is 0 Å². The molecule has 0 heterocycles. The minimum absolute atomic E-state index is 0. The van der Waals surface area contributed by atoms with Crippen molar-refractivity contribution in [3.8, 4) is 0 Å². The Balaban J connectivity index is -0.0000000910. The molecule has 0 spiro atoms. The molecule has 0 bridgehead atoms. The highest BCUT2D eigenvalue weighted by atomic mass is 19.5. The van der Waals surface area contributed by atoms with E-state index >= 15 is 0 Å². The average Bonchev–Trinajstić information content (AvgIpc) is 1.61. The van der Waals surface area contributed by atoms with Crippen LogP contribution in [0.25, 0.3) is 0 Å². The second-order valence-electron chi connectivity index (χ2n) is 1.49. The molecule has 0 aromatic rings. The quantitative estimate of drug-likeness (QED) is 0.453. The molecule has 4 N–H and O–H groups in total. The first kappa shape index (κ1) is 16.4. The summed E-state index contributed by atoms with van der Waals surface area (Å²) < 4.78 is 39.0. The van der Waals surface area contributed by atoms with Crippen molar-refractivity contribution in [1.29, 1.82) is 0 Å². The fourth-order valence-corrected chi connectivity index (χ4v) is 0. The van der Waals surface area contributed by atoms with Crippen molar-refractivity contribution in [3.05, 3.63) is 0 Å². The van der Waals surface area contributed by atoms with Gasteiger partial charge >= 0.3 is 7.25 Å². The van der Waals surface area contributed by atoms with E-state index in [-0.39, 0.29) is 6.15 Å². The Kier molecular flexibility index (Phi) is 14.3. The normalized spacial score (nSPS) is 9.00. The first-order valence-corrected chi connectivity index (χ1v) is 2.79. The lowest BCUT2D eigenvalue weighted by Gasteiger charge is -1.94. The summed E-state index contributed by atoms with van der Waals surface area (Å²) in [5, 5.41) is 0. The van der Waals surface area contributed by atoms with Crippen LogP contribution in [0, 0.1) is 0 Å². The molecule has 0 aromatic heterocycles. The molecule has 10 heavy (non-hydrogen) atoms. The van der Waals surface area contributed by atoms with Gasteiger partial charge in [0.15, 0.2) is 0 Å². The minimum atomic E-state index is -6.00.